The third kappa shape index (κ3) is 6.47. The molecule has 0 radical (unpaired) electrons. The minimum Gasteiger partial charge on any atom is -0.303 e. The van der Waals surface area contributed by atoms with Crippen LogP contribution in [0.25, 0.3) is 0 Å². The van der Waals surface area contributed by atoms with Gasteiger partial charge in [0.1, 0.15) is 0 Å². The van der Waals surface area contributed by atoms with Gasteiger partial charge in [0.05, 0.1) is 0 Å². The van der Waals surface area contributed by atoms with Gasteiger partial charge in [-0.15, -0.1) is 0 Å². The predicted molar refractivity (Wildman–Crippen MR) is 70.7 cm³/mol. The van der Waals surface area contributed by atoms with E-state index in [1.165, 1.54) is 71.0 Å². The summed E-state index contributed by atoms with van der Waals surface area (Å²) in [5.41, 5.74) is 0. The van der Waals surface area contributed by atoms with Crippen molar-refractivity contribution in [3.63, 3.8) is 0 Å². The Labute approximate surface area is 101 Å². The molecule has 1 fully saturated rings. The number of nitrogens with zero attached hydrogens (tertiary/aromatic N) is 1. The maximum absolute atomic E-state index is 2.67. The molecule has 0 spiro atoms. The molecule has 0 aromatic rings. The molecule has 0 aromatic carbocycles. The number of hydrogen-bond donors (Lipinski definition) is 0. The highest BCUT2D eigenvalue weighted by molar-refractivity contribution is 4.74. The maximum atomic E-state index is 2.67. The molecule has 1 saturated heterocycles. The molecule has 0 amide bonds. The Kier molecular flexibility index (Phi) is 10.0. The fraction of sp³-hybridized carbons (Fsp3) is 1.00. The Morgan fingerprint density at radius 1 is 1.00 bits per heavy atom. The lowest BCUT2D eigenvalue weighted by molar-refractivity contribution is 0.313. The van der Waals surface area contributed by atoms with E-state index in [0.29, 0.717) is 0 Å². The van der Waals surface area contributed by atoms with Crippen LogP contribution in [-0.4, -0.2) is 24.5 Å². The van der Waals surface area contributed by atoms with Gasteiger partial charge >= 0.3 is 0 Å². The van der Waals surface area contributed by atoms with Crippen molar-refractivity contribution in [3.05, 3.63) is 0 Å². The molecule has 0 saturated carbocycles. The highest BCUT2D eigenvalue weighted by atomic mass is 19.0. The molecule has 0 bridgehead atoms. The summed E-state index contributed by atoms with van der Waals surface area (Å²) in [4.78, 5) is 2.67. The van der Waals surface area contributed by atoms with Gasteiger partial charge in [-0.3, -0.25) is 4.70 Å². The molecular weight excluding hydrogens is 201 g/mol. The Bertz CT molecular complexity index is 150. The van der Waals surface area contributed by atoms with E-state index in [-0.39, 0.29) is 4.70 Å². The summed E-state index contributed by atoms with van der Waals surface area (Å²) in [5, 5.41) is 0. The zero-order valence-corrected chi connectivity index (χ0v) is 11.2. The first-order chi connectivity index (χ1) is 7.36. The molecule has 0 aromatic heterocycles. The first-order valence-electron chi connectivity index (χ1n) is 7.09. The first-order valence-corrected chi connectivity index (χ1v) is 7.09. The van der Waals surface area contributed by atoms with Gasteiger partial charge in [-0.1, -0.05) is 52.4 Å². The summed E-state index contributed by atoms with van der Waals surface area (Å²) in [6.07, 6.45) is 11.4. The Hall–Kier alpha value is -0.110. The maximum Gasteiger partial charge on any atom is 0.00100 e. The van der Waals surface area contributed by atoms with E-state index >= 15 is 0 Å². The molecule has 0 aliphatic carbocycles. The summed E-state index contributed by atoms with van der Waals surface area (Å²) in [6, 6.07) is 0. The lowest BCUT2D eigenvalue weighted by Crippen LogP contribution is -2.21. The van der Waals surface area contributed by atoms with E-state index in [0.717, 1.165) is 5.92 Å². The summed E-state index contributed by atoms with van der Waals surface area (Å²) < 4.78 is 0. The van der Waals surface area contributed by atoms with Crippen LogP contribution in [0.4, 0.5) is 4.70 Å². The van der Waals surface area contributed by atoms with Crippen molar-refractivity contribution in [2.24, 2.45) is 5.92 Å². The second-order valence-electron chi connectivity index (χ2n) is 5.13. The smallest absolute Gasteiger partial charge is 0.00100 e. The van der Waals surface area contributed by atoms with Gasteiger partial charge in [0.15, 0.2) is 0 Å². The zero-order valence-electron chi connectivity index (χ0n) is 11.2. The molecule has 1 aliphatic heterocycles. The van der Waals surface area contributed by atoms with E-state index in [1.54, 1.807) is 0 Å². The molecule has 1 rings (SSSR count). The lowest BCUT2D eigenvalue weighted by Gasteiger charge is -2.15. The monoisotopic (exact) mass is 231 g/mol. The van der Waals surface area contributed by atoms with Crippen LogP contribution in [0.15, 0.2) is 0 Å². The largest absolute Gasteiger partial charge is 0.303 e. The van der Waals surface area contributed by atoms with Gasteiger partial charge < -0.3 is 4.90 Å². The van der Waals surface area contributed by atoms with Crippen LogP contribution in [0.5, 0.6) is 0 Å². The van der Waals surface area contributed by atoms with E-state index in [4.69, 9.17) is 0 Å². The second-order valence-corrected chi connectivity index (χ2v) is 5.13. The number of likely N-dealkylation sites (tertiary alicyclic amines) is 1. The first kappa shape index (κ1) is 15.9. The van der Waals surface area contributed by atoms with Crippen LogP contribution in [0.2, 0.25) is 0 Å². The standard InChI is InChI=1S/C14H29N.FH/c1-3-5-6-7-8-9-11-15-12-10-14(4-2)13-15;/h14H,3-13H2,1-2H3;1H. The Balaban J connectivity index is 0.00000225. The van der Waals surface area contributed by atoms with E-state index in [2.05, 4.69) is 18.7 Å². The fourth-order valence-corrected chi connectivity index (χ4v) is 2.56. The highest BCUT2D eigenvalue weighted by Gasteiger charge is 2.19. The molecule has 0 N–H and O–H groups in total. The van der Waals surface area contributed by atoms with Gasteiger partial charge in [0.2, 0.25) is 0 Å². The topological polar surface area (TPSA) is 3.24 Å². The van der Waals surface area contributed by atoms with Gasteiger partial charge in [0.25, 0.3) is 0 Å². The summed E-state index contributed by atoms with van der Waals surface area (Å²) >= 11 is 0. The molecule has 1 heterocycles. The average molecular weight is 231 g/mol. The van der Waals surface area contributed by atoms with Crippen LogP contribution in [0.3, 0.4) is 0 Å². The van der Waals surface area contributed by atoms with Gasteiger partial charge in [-0.25, -0.2) is 0 Å². The second kappa shape index (κ2) is 10.1. The van der Waals surface area contributed by atoms with Crippen molar-refractivity contribution >= 4 is 0 Å². The molecular formula is C14H30FN. The number of hydrogen-bond acceptors (Lipinski definition) is 1. The van der Waals surface area contributed by atoms with Crippen molar-refractivity contribution in [1.29, 1.82) is 0 Å². The fourth-order valence-electron chi connectivity index (χ4n) is 2.56. The van der Waals surface area contributed by atoms with Crippen LogP contribution in [-0.2, 0) is 0 Å². The summed E-state index contributed by atoms with van der Waals surface area (Å²) in [7, 11) is 0. The molecule has 1 aliphatic rings. The minimum absolute atomic E-state index is 0. The molecule has 16 heavy (non-hydrogen) atoms. The Morgan fingerprint density at radius 3 is 2.31 bits per heavy atom. The minimum atomic E-state index is 0. The SMILES string of the molecule is CCCCCCCCN1CCC(CC)C1.F. The number of halogens is 1. The lowest BCUT2D eigenvalue weighted by atomic mass is 10.1. The highest BCUT2D eigenvalue weighted by Crippen LogP contribution is 2.19. The van der Waals surface area contributed by atoms with Gasteiger partial charge in [-0.05, 0) is 31.8 Å². The third-order valence-corrected chi connectivity index (χ3v) is 3.78. The van der Waals surface area contributed by atoms with Crippen LogP contribution >= 0.6 is 0 Å². The van der Waals surface area contributed by atoms with E-state index in [1.807, 2.05) is 0 Å². The van der Waals surface area contributed by atoms with Crippen LogP contribution in [0, 0.1) is 5.92 Å². The van der Waals surface area contributed by atoms with Crippen molar-refractivity contribution < 1.29 is 4.70 Å². The molecule has 1 unspecified atom stereocenters. The van der Waals surface area contributed by atoms with Crippen molar-refractivity contribution in [2.75, 3.05) is 19.6 Å². The molecule has 1 nitrogen and oxygen atoms in total. The van der Waals surface area contributed by atoms with E-state index in [9.17, 15) is 0 Å². The number of rotatable bonds is 8. The zero-order chi connectivity index (χ0) is 10.9. The van der Waals surface area contributed by atoms with Gasteiger partial charge in [-0.2, -0.15) is 0 Å². The van der Waals surface area contributed by atoms with Crippen molar-refractivity contribution in [2.45, 2.75) is 65.2 Å². The number of unbranched alkanes of at least 4 members (excludes halogenated alkanes) is 5. The summed E-state index contributed by atoms with van der Waals surface area (Å²) in [5.74, 6) is 1.00. The normalized spacial score (nSPS) is 21.0. The van der Waals surface area contributed by atoms with Gasteiger partial charge in [0, 0.05) is 6.54 Å². The predicted octanol–water partition coefficient (Wildman–Crippen LogP) is 4.23. The average Bonchev–Trinajstić information content (AvgIpc) is 2.71. The van der Waals surface area contributed by atoms with Crippen LogP contribution in [0.1, 0.15) is 65.2 Å². The van der Waals surface area contributed by atoms with E-state index < -0.39 is 0 Å². The quantitative estimate of drug-likeness (QED) is 0.565. The molecule has 98 valence electrons. The third-order valence-electron chi connectivity index (χ3n) is 3.78. The molecule has 1 atom stereocenters. The summed E-state index contributed by atoms with van der Waals surface area (Å²) in [6.45, 7) is 8.73. The van der Waals surface area contributed by atoms with Crippen molar-refractivity contribution in [3.8, 4) is 0 Å². The molecule has 2 heteroatoms. The van der Waals surface area contributed by atoms with Crippen molar-refractivity contribution in [1.82, 2.24) is 4.90 Å². The van der Waals surface area contributed by atoms with Crippen LogP contribution < -0.4 is 0 Å². The Morgan fingerprint density at radius 2 is 1.69 bits per heavy atom.